The van der Waals surface area contributed by atoms with Crippen LogP contribution in [0.1, 0.15) is 11.1 Å². The quantitative estimate of drug-likeness (QED) is 0.375. The fraction of sp³-hybridized carbons (Fsp3) is 0. The van der Waals surface area contributed by atoms with Crippen LogP contribution >= 0.6 is 0 Å². The van der Waals surface area contributed by atoms with E-state index in [1.54, 1.807) is 24.3 Å². The second-order valence-corrected chi connectivity index (χ2v) is 4.59. The third kappa shape index (κ3) is 5.26. The third-order valence-corrected chi connectivity index (χ3v) is 2.71. The predicted molar refractivity (Wildman–Crippen MR) is 87.7 cm³/mol. The Morgan fingerprint density at radius 1 is 0.792 bits per heavy atom. The number of phenolic OH excluding ortho intramolecular Hbond substituents is 2. The molecule has 0 radical (unpaired) electrons. The van der Waals surface area contributed by atoms with Gasteiger partial charge < -0.3 is 10.2 Å². The lowest BCUT2D eigenvalue weighted by Gasteiger charge is -1.99. The number of amides is 2. The van der Waals surface area contributed by atoms with E-state index in [0.717, 1.165) is 0 Å². The van der Waals surface area contributed by atoms with Crippen molar-refractivity contribution in [3.8, 4) is 11.5 Å². The van der Waals surface area contributed by atoms with Crippen molar-refractivity contribution in [2.24, 2.45) is 10.2 Å². The van der Waals surface area contributed by atoms with Crippen LogP contribution in [-0.2, 0) is 9.59 Å². The molecular weight excluding hydrogens is 312 g/mol. The van der Waals surface area contributed by atoms with Crippen molar-refractivity contribution in [3.63, 3.8) is 0 Å². The Balaban J connectivity index is 1.83. The van der Waals surface area contributed by atoms with Gasteiger partial charge in [-0.05, 0) is 35.4 Å². The highest BCUT2D eigenvalue weighted by atomic mass is 16.3. The van der Waals surface area contributed by atoms with E-state index in [4.69, 9.17) is 0 Å². The molecular formula is C16H14N4O4. The topological polar surface area (TPSA) is 123 Å². The molecule has 0 saturated heterocycles. The van der Waals surface area contributed by atoms with Crippen molar-refractivity contribution in [3.05, 3.63) is 59.7 Å². The van der Waals surface area contributed by atoms with Crippen LogP contribution in [0.3, 0.4) is 0 Å². The normalized spacial score (nSPS) is 10.8. The zero-order valence-corrected chi connectivity index (χ0v) is 12.4. The molecule has 0 saturated carbocycles. The van der Waals surface area contributed by atoms with Crippen molar-refractivity contribution in [2.75, 3.05) is 0 Å². The molecule has 2 amide bonds. The first-order valence-electron chi connectivity index (χ1n) is 6.79. The van der Waals surface area contributed by atoms with Gasteiger partial charge in [-0.1, -0.05) is 24.3 Å². The molecule has 0 heterocycles. The maximum Gasteiger partial charge on any atom is 0.331 e. The second kappa shape index (κ2) is 8.08. The van der Waals surface area contributed by atoms with E-state index in [2.05, 4.69) is 10.2 Å². The second-order valence-electron chi connectivity index (χ2n) is 4.59. The molecule has 2 aromatic rings. The fourth-order valence-corrected chi connectivity index (χ4v) is 1.64. The molecule has 0 fully saturated rings. The van der Waals surface area contributed by atoms with Gasteiger partial charge in [0.05, 0.1) is 12.4 Å². The molecule has 2 aromatic carbocycles. The minimum absolute atomic E-state index is 0.0595. The molecule has 0 aliphatic rings. The van der Waals surface area contributed by atoms with Gasteiger partial charge in [0, 0.05) is 0 Å². The molecule has 8 heteroatoms. The lowest BCUT2D eigenvalue weighted by Crippen LogP contribution is -2.35. The van der Waals surface area contributed by atoms with Gasteiger partial charge in [0.25, 0.3) is 0 Å². The van der Waals surface area contributed by atoms with E-state index in [-0.39, 0.29) is 11.5 Å². The van der Waals surface area contributed by atoms with Crippen molar-refractivity contribution >= 4 is 24.2 Å². The zero-order chi connectivity index (χ0) is 17.4. The molecule has 0 spiro atoms. The summed E-state index contributed by atoms with van der Waals surface area (Å²) in [4.78, 5) is 23.0. The first kappa shape index (κ1) is 16.7. The van der Waals surface area contributed by atoms with Crippen LogP contribution < -0.4 is 10.9 Å². The standard InChI is InChI=1S/C16H14N4O4/c21-13-5-1-3-11(7-13)9-17-19-15(23)16(24)20-18-10-12-4-2-6-14(22)8-12/h1-10,21-22H,(H,19,23)(H,20,24)/b17-9-,18-10+. The molecule has 8 nitrogen and oxygen atoms in total. The van der Waals surface area contributed by atoms with Crippen LogP contribution in [0.25, 0.3) is 0 Å². The molecule has 0 bridgehead atoms. The smallest absolute Gasteiger partial charge is 0.331 e. The van der Waals surface area contributed by atoms with Crippen molar-refractivity contribution in [2.45, 2.75) is 0 Å². The molecule has 0 unspecified atom stereocenters. The summed E-state index contributed by atoms with van der Waals surface area (Å²) in [6.07, 6.45) is 2.56. The number of hydrogen-bond donors (Lipinski definition) is 4. The summed E-state index contributed by atoms with van der Waals surface area (Å²) in [6, 6.07) is 12.4. The lowest BCUT2D eigenvalue weighted by molar-refractivity contribution is -0.139. The van der Waals surface area contributed by atoms with Crippen LogP contribution in [0, 0.1) is 0 Å². The van der Waals surface area contributed by atoms with Gasteiger partial charge in [-0.2, -0.15) is 10.2 Å². The van der Waals surface area contributed by atoms with Gasteiger partial charge in [-0.3, -0.25) is 9.59 Å². The summed E-state index contributed by atoms with van der Waals surface area (Å²) >= 11 is 0. The number of phenols is 2. The SMILES string of the molecule is O=C(N/N=C\c1cccc(O)c1)C(=O)N/N=C/c1cccc(O)c1. The van der Waals surface area contributed by atoms with Crippen molar-refractivity contribution < 1.29 is 19.8 Å². The highest BCUT2D eigenvalue weighted by molar-refractivity contribution is 6.35. The third-order valence-electron chi connectivity index (χ3n) is 2.71. The predicted octanol–water partition coefficient (Wildman–Crippen LogP) is 0.698. The maximum atomic E-state index is 11.5. The Hall–Kier alpha value is -3.68. The van der Waals surface area contributed by atoms with Gasteiger partial charge >= 0.3 is 11.8 Å². The summed E-state index contributed by atoms with van der Waals surface area (Å²) < 4.78 is 0. The van der Waals surface area contributed by atoms with Crippen LogP contribution in [0.5, 0.6) is 11.5 Å². The number of carbonyl (C=O) groups excluding carboxylic acids is 2. The van der Waals surface area contributed by atoms with E-state index in [9.17, 15) is 19.8 Å². The van der Waals surface area contributed by atoms with Gasteiger partial charge in [0.2, 0.25) is 0 Å². The average molecular weight is 326 g/mol. The Bertz CT molecular complexity index is 735. The largest absolute Gasteiger partial charge is 0.508 e. The van der Waals surface area contributed by atoms with Gasteiger partial charge in [0.1, 0.15) is 11.5 Å². The molecule has 0 atom stereocenters. The van der Waals surface area contributed by atoms with Gasteiger partial charge in [-0.25, -0.2) is 10.9 Å². The summed E-state index contributed by atoms with van der Waals surface area (Å²) in [5.74, 6) is -1.88. The molecule has 0 aliphatic carbocycles. The number of nitrogens with zero attached hydrogens (tertiary/aromatic N) is 2. The zero-order valence-electron chi connectivity index (χ0n) is 12.4. The molecule has 122 valence electrons. The molecule has 2 rings (SSSR count). The Labute approximate surface area is 137 Å². The van der Waals surface area contributed by atoms with Crippen molar-refractivity contribution in [1.29, 1.82) is 0 Å². The fourth-order valence-electron chi connectivity index (χ4n) is 1.64. The van der Waals surface area contributed by atoms with E-state index < -0.39 is 11.8 Å². The number of hydrogen-bond acceptors (Lipinski definition) is 6. The molecule has 24 heavy (non-hydrogen) atoms. The van der Waals surface area contributed by atoms with Gasteiger partial charge in [0.15, 0.2) is 0 Å². The van der Waals surface area contributed by atoms with Crippen LogP contribution in [0.2, 0.25) is 0 Å². The van der Waals surface area contributed by atoms with E-state index in [0.29, 0.717) is 11.1 Å². The number of nitrogens with one attached hydrogen (secondary N) is 2. The maximum absolute atomic E-state index is 11.5. The minimum atomic E-state index is -1.00. The van der Waals surface area contributed by atoms with Crippen LogP contribution in [0.4, 0.5) is 0 Å². The summed E-state index contributed by atoms with van der Waals surface area (Å²) in [6.45, 7) is 0. The number of benzene rings is 2. The van der Waals surface area contributed by atoms with Crippen LogP contribution in [-0.4, -0.2) is 34.5 Å². The highest BCUT2D eigenvalue weighted by Crippen LogP contribution is 2.09. The molecule has 0 aromatic heterocycles. The lowest BCUT2D eigenvalue weighted by atomic mass is 10.2. The number of carbonyl (C=O) groups is 2. The summed E-state index contributed by atoms with van der Waals surface area (Å²) in [7, 11) is 0. The molecule has 4 N–H and O–H groups in total. The monoisotopic (exact) mass is 326 g/mol. The Kier molecular flexibility index (Phi) is 5.62. The highest BCUT2D eigenvalue weighted by Gasteiger charge is 2.10. The number of rotatable bonds is 4. The minimum Gasteiger partial charge on any atom is -0.508 e. The summed E-state index contributed by atoms with van der Waals surface area (Å²) in [5.41, 5.74) is 5.17. The average Bonchev–Trinajstić information content (AvgIpc) is 2.55. The van der Waals surface area contributed by atoms with Crippen molar-refractivity contribution in [1.82, 2.24) is 10.9 Å². The number of hydrazone groups is 2. The first-order valence-corrected chi connectivity index (χ1v) is 6.79. The van der Waals surface area contributed by atoms with E-state index in [1.165, 1.54) is 36.7 Å². The van der Waals surface area contributed by atoms with E-state index >= 15 is 0 Å². The molecule has 0 aliphatic heterocycles. The van der Waals surface area contributed by atoms with E-state index in [1.807, 2.05) is 10.9 Å². The van der Waals surface area contributed by atoms with Crippen LogP contribution in [0.15, 0.2) is 58.7 Å². The number of aromatic hydroxyl groups is 2. The van der Waals surface area contributed by atoms with Gasteiger partial charge in [-0.15, -0.1) is 0 Å². The Morgan fingerprint density at radius 2 is 1.21 bits per heavy atom. The first-order chi connectivity index (χ1) is 11.5. The summed E-state index contributed by atoms with van der Waals surface area (Å²) in [5, 5.41) is 25.7. The Morgan fingerprint density at radius 3 is 1.58 bits per heavy atom.